The largest absolute Gasteiger partial charge is 0.545 e. The summed E-state index contributed by atoms with van der Waals surface area (Å²) in [6.07, 6.45) is 3.77. The maximum absolute atomic E-state index is 11.3. The van der Waals surface area contributed by atoms with Crippen LogP contribution in [0.5, 0.6) is 0 Å². The number of carbonyl (C=O) groups excluding carboxylic acids is 1. The average Bonchev–Trinajstić information content (AvgIpc) is 2.16. The van der Waals surface area contributed by atoms with E-state index in [0.29, 0.717) is 0 Å². The lowest BCUT2D eigenvalue weighted by molar-refractivity contribution is -0.255. The Kier molecular flexibility index (Phi) is 2.11. The SMILES string of the molecule is O=C([O-])c1cc2c([nH]c1=O)CCCC2. The van der Waals surface area contributed by atoms with Crippen LogP contribution in [-0.4, -0.2) is 11.0 Å². The summed E-state index contributed by atoms with van der Waals surface area (Å²) in [7, 11) is 0. The van der Waals surface area contributed by atoms with Crippen molar-refractivity contribution in [1.29, 1.82) is 0 Å². The van der Waals surface area contributed by atoms with Crippen LogP contribution in [0.2, 0.25) is 0 Å². The van der Waals surface area contributed by atoms with E-state index in [4.69, 9.17) is 0 Å². The maximum atomic E-state index is 11.3. The molecule has 4 heteroatoms. The van der Waals surface area contributed by atoms with E-state index in [-0.39, 0.29) is 5.56 Å². The topological polar surface area (TPSA) is 73.0 Å². The fourth-order valence-electron chi connectivity index (χ4n) is 1.83. The third kappa shape index (κ3) is 1.43. The highest BCUT2D eigenvalue weighted by Crippen LogP contribution is 2.18. The quantitative estimate of drug-likeness (QED) is 0.659. The first-order chi connectivity index (χ1) is 6.68. The van der Waals surface area contributed by atoms with Crippen LogP contribution >= 0.6 is 0 Å². The summed E-state index contributed by atoms with van der Waals surface area (Å²) in [4.78, 5) is 24.4. The lowest BCUT2D eigenvalue weighted by Gasteiger charge is -2.16. The lowest BCUT2D eigenvalue weighted by Crippen LogP contribution is -2.31. The average molecular weight is 192 g/mol. The number of pyridine rings is 1. The Morgan fingerprint density at radius 1 is 1.36 bits per heavy atom. The fraction of sp³-hybridized carbons (Fsp3) is 0.400. The van der Waals surface area contributed by atoms with Gasteiger partial charge < -0.3 is 14.9 Å². The summed E-state index contributed by atoms with van der Waals surface area (Å²) in [5.74, 6) is -1.40. The zero-order valence-corrected chi connectivity index (χ0v) is 7.63. The molecule has 74 valence electrons. The molecule has 0 spiro atoms. The van der Waals surface area contributed by atoms with Crippen molar-refractivity contribution >= 4 is 5.97 Å². The van der Waals surface area contributed by atoms with Crippen molar-refractivity contribution in [1.82, 2.24) is 4.98 Å². The number of nitrogens with one attached hydrogen (secondary N) is 1. The van der Waals surface area contributed by atoms with Crippen LogP contribution in [-0.2, 0) is 12.8 Å². The molecule has 4 nitrogen and oxygen atoms in total. The third-order valence-electron chi connectivity index (χ3n) is 2.56. The Bertz CT molecular complexity index is 433. The second kappa shape index (κ2) is 3.29. The molecule has 0 aliphatic heterocycles. The maximum Gasteiger partial charge on any atom is 0.257 e. The molecule has 1 aliphatic carbocycles. The number of fused-ring (bicyclic) bond motifs is 1. The number of hydrogen-bond acceptors (Lipinski definition) is 3. The number of H-pyrrole nitrogens is 1. The predicted molar refractivity (Wildman–Crippen MR) is 48.0 cm³/mol. The van der Waals surface area contributed by atoms with Gasteiger partial charge in [0.2, 0.25) is 0 Å². The number of hydrogen-bond donors (Lipinski definition) is 1. The minimum Gasteiger partial charge on any atom is -0.545 e. The first kappa shape index (κ1) is 8.99. The first-order valence-electron chi connectivity index (χ1n) is 4.65. The van der Waals surface area contributed by atoms with Crippen molar-refractivity contribution < 1.29 is 9.90 Å². The zero-order valence-electron chi connectivity index (χ0n) is 7.63. The van der Waals surface area contributed by atoms with E-state index in [1.54, 1.807) is 0 Å². The van der Waals surface area contributed by atoms with E-state index in [1.807, 2.05) is 0 Å². The van der Waals surface area contributed by atoms with Crippen LogP contribution in [0.1, 0.15) is 34.5 Å². The van der Waals surface area contributed by atoms with Gasteiger partial charge in [-0.3, -0.25) is 4.79 Å². The van der Waals surface area contributed by atoms with Crippen LogP contribution in [0.3, 0.4) is 0 Å². The molecule has 0 radical (unpaired) electrons. The number of aromatic carboxylic acids is 1. The van der Waals surface area contributed by atoms with Crippen LogP contribution in [0.25, 0.3) is 0 Å². The van der Waals surface area contributed by atoms with Gasteiger partial charge >= 0.3 is 0 Å². The summed E-state index contributed by atoms with van der Waals surface area (Å²) in [6, 6.07) is 1.45. The van der Waals surface area contributed by atoms with Gasteiger partial charge in [-0.2, -0.15) is 0 Å². The highest BCUT2D eigenvalue weighted by molar-refractivity contribution is 5.85. The third-order valence-corrected chi connectivity index (χ3v) is 2.56. The molecular weight excluding hydrogens is 182 g/mol. The molecule has 2 rings (SSSR count). The number of carboxylic acid groups (broad SMARTS) is 1. The van der Waals surface area contributed by atoms with E-state index in [9.17, 15) is 14.7 Å². The predicted octanol–water partition coefficient (Wildman–Crippen LogP) is -0.383. The molecule has 1 aliphatic rings. The minimum atomic E-state index is -1.40. The zero-order chi connectivity index (χ0) is 10.1. The van der Waals surface area contributed by atoms with E-state index in [1.165, 1.54) is 6.07 Å². The van der Waals surface area contributed by atoms with E-state index >= 15 is 0 Å². The molecule has 1 aromatic heterocycles. The second-order valence-electron chi connectivity index (χ2n) is 3.51. The van der Waals surface area contributed by atoms with Gasteiger partial charge in [0.25, 0.3) is 5.56 Å². The van der Waals surface area contributed by atoms with Crippen molar-refractivity contribution in [2.24, 2.45) is 0 Å². The first-order valence-corrected chi connectivity index (χ1v) is 4.65. The minimum absolute atomic E-state index is 0.259. The highest BCUT2D eigenvalue weighted by Gasteiger charge is 2.12. The second-order valence-corrected chi connectivity index (χ2v) is 3.51. The van der Waals surface area contributed by atoms with Crippen LogP contribution in [0.4, 0.5) is 0 Å². The molecule has 1 heterocycles. The summed E-state index contributed by atoms with van der Waals surface area (Å²) in [5, 5.41) is 10.6. The molecular formula is C10H10NO3-. The molecule has 0 bridgehead atoms. The highest BCUT2D eigenvalue weighted by atomic mass is 16.4. The molecule has 0 saturated heterocycles. The van der Waals surface area contributed by atoms with E-state index < -0.39 is 11.5 Å². The van der Waals surface area contributed by atoms with Crippen LogP contribution in [0.15, 0.2) is 10.9 Å². The van der Waals surface area contributed by atoms with Gasteiger partial charge in [0.05, 0.1) is 11.5 Å². The normalized spacial score (nSPS) is 14.9. The van der Waals surface area contributed by atoms with Gasteiger partial charge in [0.15, 0.2) is 0 Å². The molecule has 0 unspecified atom stereocenters. The molecule has 0 saturated carbocycles. The van der Waals surface area contributed by atoms with Crippen molar-refractivity contribution in [3.05, 3.63) is 33.2 Å². The molecule has 0 aromatic carbocycles. The van der Waals surface area contributed by atoms with Crippen LogP contribution < -0.4 is 10.7 Å². The number of carboxylic acids is 1. The van der Waals surface area contributed by atoms with Crippen molar-refractivity contribution in [3.8, 4) is 0 Å². The molecule has 1 N–H and O–H groups in total. The Morgan fingerprint density at radius 2 is 2.07 bits per heavy atom. The summed E-state index contributed by atoms with van der Waals surface area (Å²) >= 11 is 0. The number of aromatic nitrogens is 1. The Balaban J connectivity index is 2.56. The molecule has 0 amide bonds. The lowest BCUT2D eigenvalue weighted by atomic mass is 9.95. The van der Waals surface area contributed by atoms with Gasteiger partial charge in [-0.15, -0.1) is 0 Å². The molecule has 0 fully saturated rings. The molecule has 1 aromatic rings. The smallest absolute Gasteiger partial charge is 0.257 e. The molecule has 14 heavy (non-hydrogen) atoms. The van der Waals surface area contributed by atoms with Gasteiger partial charge in [-0.1, -0.05) is 0 Å². The monoisotopic (exact) mass is 192 g/mol. The standard InChI is InChI=1S/C10H11NO3/c12-9-7(10(13)14)5-6-3-1-2-4-8(6)11-9/h5H,1-4H2,(H,11,12)(H,13,14)/p-1. The summed E-state index contributed by atoms with van der Waals surface area (Å²) in [6.45, 7) is 0. The van der Waals surface area contributed by atoms with E-state index in [0.717, 1.165) is 36.9 Å². The van der Waals surface area contributed by atoms with Crippen molar-refractivity contribution in [2.75, 3.05) is 0 Å². The number of carbonyl (C=O) groups is 1. The number of rotatable bonds is 1. The van der Waals surface area contributed by atoms with Gasteiger partial charge in [0.1, 0.15) is 0 Å². The van der Waals surface area contributed by atoms with Gasteiger partial charge in [0, 0.05) is 5.69 Å². The Labute approximate surface area is 80.6 Å². The van der Waals surface area contributed by atoms with Crippen molar-refractivity contribution in [3.63, 3.8) is 0 Å². The number of aryl methyl sites for hydroxylation is 2. The van der Waals surface area contributed by atoms with Gasteiger partial charge in [-0.05, 0) is 37.3 Å². The van der Waals surface area contributed by atoms with Gasteiger partial charge in [-0.25, -0.2) is 0 Å². The van der Waals surface area contributed by atoms with E-state index in [2.05, 4.69) is 4.98 Å². The summed E-state index contributed by atoms with van der Waals surface area (Å²) < 4.78 is 0. The molecule has 0 atom stereocenters. The summed E-state index contributed by atoms with van der Waals surface area (Å²) in [5.41, 5.74) is 1.01. The van der Waals surface area contributed by atoms with Crippen LogP contribution in [0, 0.1) is 0 Å². The Hall–Kier alpha value is -1.58. The fourth-order valence-corrected chi connectivity index (χ4v) is 1.83. The number of aromatic amines is 1. The van der Waals surface area contributed by atoms with Crippen molar-refractivity contribution in [2.45, 2.75) is 25.7 Å². The Morgan fingerprint density at radius 3 is 2.79 bits per heavy atom.